The fraction of sp³-hybridized carbons (Fsp3) is 0.424. The van der Waals surface area contributed by atoms with Crippen molar-refractivity contribution in [3.8, 4) is 0 Å². The highest BCUT2D eigenvalue weighted by atomic mass is 32.2. The number of aliphatic hydroxyl groups excluding tert-OH is 1. The van der Waals surface area contributed by atoms with Crippen molar-refractivity contribution in [2.75, 3.05) is 31.1 Å². The Bertz CT molecular complexity index is 1600. The molecule has 5 atom stereocenters. The summed E-state index contributed by atoms with van der Waals surface area (Å²) in [5.74, 6) is -1.81. The van der Waals surface area contributed by atoms with Crippen LogP contribution in [-0.4, -0.2) is 89.4 Å². The number of benzene rings is 2. The molecule has 1 N–H and O–H groups in total. The normalized spacial score (nSPS) is 27.0. The Kier molecular flexibility index (Phi) is 8.10. The van der Waals surface area contributed by atoms with E-state index in [-0.39, 0.29) is 44.1 Å². The first-order valence-corrected chi connectivity index (χ1v) is 15.9. The molecule has 3 aromatic rings. The number of aliphatic hydroxyl groups is 1. The molecule has 0 aliphatic carbocycles. The molecular formula is C33H38N6O4S. The number of carbonyl (C=O) groups excluding carboxylic acids is 3. The molecule has 0 saturated carbocycles. The van der Waals surface area contributed by atoms with E-state index < -0.39 is 27.4 Å². The van der Waals surface area contributed by atoms with Gasteiger partial charge in [-0.05, 0) is 50.5 Å². The molecule has 2 bridgehead atoms. The minimum atomic E-state index is -0.796. The summed E-state index contributed by atoms with van der Waals surface area (Å²) in [6.07, 6.45) is 5.05. The molecule has 2 unspecified atom stereocenters. The van der Waals surface area contributed by atoms with E-state index >= 15 is 0 Å². The fourth-order valence-corrected chi connectivity index (χ4v) is 9.86. The lowest BCUT2D eigenvalue weighted by atomic mass is 9.66. The van der Waals surface area contributed by atoms with Crippen molar-refractivity contribution >= 4 is 46.2 Å². The van der Waals surface area contributed by atoms with Crippen molar-refractivity contribution in [3.05, 3.63) is 79.9 Å². The van der Waals surface area contributed by atoms with Crippen LogP contribution in [0.5, 0.6) is 0 Å². The van der Waals surface area contributed by atoms with Crippen LogP contribution >= 0.6 is 11.8 Å². The number of likely N-dealkylation sites (tertiary alicyclic amines) is 1. The van der Waals surface area contributed by atoms with Crippen LogP contribution in [-0.2, 0) is 21.1 Å². The van der Waals surface area contributed by atoms with Gasteiger partial charge in [0.15, 0.2) is 0 Å². The summed E-state index contributed by atoms with van der Waals surface area (Å²) in [6, 6.07) is 16.2. The molecule has 10 nitrogen and oxygen atoms in total. The van der Waals surface area contributed by atoms with Gasteiger partial charge in [-0.3, -0.25) is 14.4 Å². The standard InChI is InChI=1S/C33H38N6O4S/c1-4-18-36(22-39-25-15-10-9-14-24(25)34-35-39)31(43)28-33-17-16-32(3,44-33)26(27(33)30(42)38(28)20-11-21-40)29(41)37(19-5-2)23-12-7-6-8-13-23/h4-10,12-15,26-28,40H,1-2,11,16-22H2,3H3/t26-,27-,28?,32+,33?/m0/s1. The summed E-state index contributed by atoms with van der Waals surface area (Å²) >= 11 is 1.64. The summed E-state index contributed by atoms with van der Waals surface area (Å²) in [5, 5.41) is 18.3. The van der Waals surface area contributed by atoms with E-state index in [2.05, 4.69) is 30.4 Å². The maximum atomic E-state index is 14.7. The number of thioether (sulfide) groups is 1. The second kappa shape index (κ2) is 11.9. The largest absolute Gasteiger partial charge is 0.396 e. The first-order chi connectivity index (χ1) is 21.3. The number of para-hydroxylation sites is 2. The van der Waals surface area contributed by atoms with E-state index in [0.717, 1.165) is 16.7 Å². The van der Waals surface area contributed by atoms with Crippen LogP contribution in [0.15, 0.2) is 79.9 Å². The molecule has 3 fully saturated rings. The van der Waals surface area contributed by atoms with Crippen molar-refractivity contribution in [2.45, 2.75) is 48.4 Å². The monoisotopic (exact) mass is 614 g/mol. The quantitative estimate of drug-likeness (QED) is 0.311. The fourth-order valence-electron chi connectivity index (χ4n) is 7.52. The van der Waals surface area contributed by atoms with Crippen LogP contribution in [0.1, 0.15) is 26.2 Å². The summed E-state index contributed by atoms with van der Waals surface area (Å²) in [7, 11) is 0. The topological polar surface area (TPSA) is 112 Å². The van der Waals surface area contributed by atoms with E-state index in [1.165, 1.54) is 0 Å². The molecule has 6 rings (SSSR count). The Hall–Kier alpha value is -3.96. The number of nitrogens with zero attached hydrogens (tertiary/aromatic N) is 6. The van der Waals surface area contributed by atoms with Gasteiger partial charge in [0.2, 0.25) is 17.7 Å². The number of rotatable bonds is 12. The van der Waals surface area contributed by atoms with Gasteiger partial charge >= 0.3 is 0 Å². The number of hydrogen-bond donors (Lipinski definition) is 1. The molecule has 3 aliphatic rings. The number of hydrogen-bond acceptors (Lipinski definition) is 7. The number of amides is 3. The zero-order chi connectivity index (χ0) is 31.1. The lowest BCUT2D eigenvalue weighted by molar-refractivity contribution is -0.144. The lowest BCUT2D eigenvalue weighted by Gasteiger charge is -2.38. The molecule has 44 heavy (non-hydrogen) atoms. The Labute approximate surface area is 261 Å². The molecule has 3 amide bonds. The average Bonchev–Trinajstić information content (AvgIpc) is 3.74. The molecule has 1 spiro atoms. The zero-order valence-electron chi connectivity index (χ0n) is 24.9. The minimum absolute atomic E-state index is 0.113. The predicted molar refractivity (Wildman–Crippen MR) is 171 cm³/mol. The van der Waals surface area contributed by atoms with Gasteiger partial charge in [0.05, 0.1) is 22.1 Å². The first kappa shape index (κ1) is 30.1. The Morgan fingerprint density at radius 3 is 2.52 bits per heavy atom. The Morgan fingerprint density at radius 2 is 1.80 bits per heavy atom. The molecule has 11 heteroatoms. The molecule has 230 valence electrons. The van der Waals surface area contributed by atoms with Crippen LogP contribution < -0.4 is 4.90 Å². The van der Waals surface area contributed by atoms with Crippen molar-refractivity contribution in [1.29, 1.82) is 0 Å². The van der Waals surface area contributed by atoms with Gasteiger partial charge in [-0.1, -0.05) is 47.7 Å². The van der Waals surface area contributed by atoms with Crippen molar-refractivity contribution in [2.24, 2.45) is 11.8 Å². The van der Waals surface area contributed by atoms with E-state index in [1.807, 2.05) is 54.6 Å². The van der Waals surface area contributed by atoms with Crippen LogP contribution in [0.4, 0.5) is 5.69 Å². The molecule has 2 aromatic carbocycles. The Morgan fingerprint density at radius 1 is 1.07 bits per heavy atom. The van der Waals surface area contributed by atoms with Gasteiger partial charge in [0.25, 0.3) is 0 Å². The van der Waals surface area contributed by atoms with Gasteiger partial charge in [0.1, 0.15) is 18.2 Å². The molecular weight excluding hydrogens is 576 g/mol. The predicted octanol–water partition coefficient (Wildman–Crippen LogP) is 3.49. The van der Waals surface area contributed by atoms with E-state index in [0.29, 0.717) is 25.8 Å². The number of carbonyl (C=O) groups is 3. The average molecular weight is 615 g/mol. The van der Waals surface area contributed by atoms with Crippen molar-refractivity contribution in [3.63, 3.8) is 0 Å². The summed E-state index contributed by atoms with van der Waals surface area (Å²) in [6.45, 7) is 10.6. The van der Waals surface area contributed by atoms with Crippen molar-refractivity contribution < 1.29 is 19.5 Å². The van der Waals surface area contributed by atoms with Gasteiger partial charge in [0, 0.05) is 36.7 Å². The zero-order valence-corrected chi connectivity index (χ0v) is 25.7. The highest BCUT2D eigenvalue weighted by Crippen LogP contribution is 2.71. The third kappa shape index (κ3) is 4.73. The number of fused-ring (bicyclic) bond motifs is 2. The molecule has 0 radical (unpaired) electrons. The second-order valence-electron chi connectivity index (χ2n) is 12.0. The van der Waals surface area contributed by atoms with Gasteiger partial charge in [-0.2, -0.15) is 0 Å². The maximum absolute atomic E-state index is 14.7. The Balaban J connectivity index is 1.39. The van der Waals surface area contributed by atoms with E-state index in [9.17, 15) is 19.5 Å². The highest BCUT2D eigenvalue weighted by molar-refractivity contribution is 8.02. The highest BCUT2D eigenvalue weighted by Gasteiger charge is 2.77. The number of anilines is 1. The SMILES string of the molecule is C=CCN(Cn1nnc2ccccc21)C(=O)C1N(CCCO)C(=O)[C@@H]2[C@@H](C(=O)N(CC=C)c3ccccc3)[C@@]3(C)CCC12S3. The third-order valence-electron chi connectivity index (χ3n) is 9.37. The van der Waals surface area contributed by atoms with E-state index in [1.54, 1.807) is 43.3 Å². The molecule has 3 saturated heterocycles. The lowest BCUT2D eigenvalue weighted by Crippen LogP contribution is -2.55. The van der Waals surface area contributed by atoms with Gasteiger partial charge in [-0.25, -0.2) is 4.68 Å². The minimum Gasteiger partial charge on any atom is -0.396 e. The van der Waals surface area contributed by atoms with Crippen LogP contribution in [0.3, 0.4) is 0 Å². The summed E-state index contributed by atoms with van der Waals surface area (Å²) in [5.41, 5.74) is 2.26. The van der Waals surface area contributed by atoms with Crippen LogP contribution in [0.25, 0.3) is 11.0 Å². The third-order valence-corrected chi connectivity index (χ3v) is 11.4. The van der Waals surface area contributed by atoms with Gasteiger partial charge in [-0.15, -0.1) is 30.0 Å². The summed E-state index contributed by atoms with van der Waals surface area (Å²) < 4.78 is 0.387. The van der Waals surface area contributed by atoms with Crippen LogP contribution in [0.2, 0.25) is 0 Å². The van der Waals surface area contributed by atoms with Gasteiger partial charge < -0.3 is 19.8 Å². The first-order valence-electron chi connectivity index (χ1n) is 15.1. The molecule has 4 heterocycles. The molecule has 1 aromatic heterocycles. The summed E-state index contributed by atoms with van der Waals surface area (Å²) in [4.78, 5) is 48.7. The number of aromatic nitrogens is 3. The van der Waals surface area contributed by atoms with Crippen molar-refractivity contribution in [1.82, 2.24) is 24.8 Å². The smallest absolute Gasteiger partial charge is 0.248 e. The second-order valence-corrected chi connectivity index (χ2v) is 13.9. The van der Waals surface area contributed by atoms with Crippen LogP contribution in [0, 0.1) is 11.8 Å². The maximum Gasteiger partial charge on any atom is 0.248 e. The van der Waals surface area contributed by atoms with E-state index in [4.69, 9.17) is 0 Å². The molecule has 3 aliphatic heterocycles.